The van der Waals surface area contributed by atoms with Crippen molar-refractivity contribution in [3.8, 4) is 11.5 Å². The van der Waals surface area contributed by atoms with Crippen LogP contribution < -0.4 is 20.2 Å². The van der Waals surface area contributed by atoms with Crippen LogP contribution >= 0.6 is 0 Å². The molecule has 7 heteroatoms. The van der Waals surface area contributed by atoms with E-state index in [0.29, 0.717) is 18.0 Å². The monoisotopic (exact) mass is 369 g/mol. The normalized spacial score (nSPS) is 10.8. The van der Waals surface area contributed by atoms with Crippen molar-refractivity contribution in [3.05, 3.63) is 60.2 Å². The molecule has 0 saturated heterocycles. The lowest BCUT2D eigenvalue weighted by atomic mass is 10.2. The first-order valence-corrected chi connectivity index (χ1v) is 8.46. The molecule has 2 N–H and O–H groups in total. The minimum absolute atomic E-state index is 0.0932. The molecule has 2 aromatic carbocycles. The number of carbonyl (C=O) groups excluding carboxylic acids is 2. The molecule has 0 atom stereocenters. The number of methoxy groups -OCH3 is 1. The summed E-state index contributed by atoms with van der Waals surface area (Å²) in [6, 6.07) is 16.5. The molecule has 0 aromatic heterocycles. The Labute approximate surface area is 158 Å². The van der Waals surface area contributed by atoms with Gasteiger partial charge in [0.05, 0.1) is 13.5 Å². The average Bonchev–Trinajstić information content (AvgIpc) is 2.70. The van der Waals surface area contributed by atoms with Crippen LogP contribution in [0.25, 0.3) is 0 Å². The van der Waals surface area contributed by atoms with Crippen LogP contribution in [-0.4, -0.2) is 31.2 Å². The van der Waals surface area contributed by atoms with E-state index in [1.165, 1.54) is 0 Å². The largest absolute Gasteiger partial charge is 0.497 e. The van der Waals surface area contributed by atoms with Gasteiger partial charge in [-0.1, -0.05) is 30.3 Å². The molecule has 2 aromatic rings. The van der Waals surface area contributed by atoms with E-state index in [1.807, 2.05) is 42.5 Å². The van der Waals surface area contributed by atoms with Crippen LogP contribution in [0.4, 0.5) is 0 Å². The number of hydrogen-bond acceptors (Lipinski definition) is 5. The minimum Gasteiger partial charge on any atom is -0.497 e. The first kappa shape index (κ1) is 20.0. The molecule has 0 radical (unpaired) electrons. The maximum Gasteiger partial charge on any atom is 0.277 e. The van der Waals surface area contributed by atoms with E-state index in [2.05, 4.69) is 15.8 Å². The van der Waals surface area contributed by atoms with Crippen molar-refractivity contribution in [2.45, 2.75) is 19.9 Å². The third kappa shape index (κ3) is 7.60. The highest BCUT2D eigenvalue weighted by Gasteiger charge is 2.06. The van der Waals surface area contributed by atoms with Gasteiger partial charge >= 0.3 is 0 Å². The van der Waals surface area contributed by atoms with Crippen LogP contribution in [0.2, 0.25) is 0 Å². The van der Waals surface area contributed by atoms with Crippen LogP contribution in [0.15, 0.2) is 59.7 Å². The van der Waals surface area contributed by atoms with Gasteiger partial charge in [-0.15, -0.1) is 0 Å². The number of para-hydroxylation sites is 1. The van der Waals surface area contributed by atoms with E-state index in [-0.39, 0.29) is 18.9 Å². The molecular formula is C20H23N3O4. The zero-order valence-electron chi connectivity index (χ0n) is 15.4. The minimum atomic E-state index is -0.392. The number of ether oxygens (including phenoxy) is 2. The van der Waals surface area contributed by atoms with Crippen LogP contribution in [0.5, 0.6) is 11.5 Å². The van der Waals surface area contributed by atoms with E-state index >= 15 is 0 Å². The van der Waals surface area contributed by atoms with Crippen molar-refractivity contribution in [2.24, 2.45) is 5.10 Å². The molecule has 0 heterocycles. The van der Waals surface area contributed by atoms with Crippen molar-refractivity contribution in [3.63, 3.8) is 0 Å². The SMILES string of the molecule is COc1ccc(CNC(=O)CC(C)=NNC(=O)COc2ccccc2)cc1. The first-order valence-electron chi connectivity index (χ1n) is 8.46. The molecular weight excluding hydrogens is 346 g/mol. The summed E-state index contributed by atoms with van der Waals surface area (Å²) < 4.78 is 10.4. The number of amides is 2. The van der Waals surface area contributed by atoms with Crippen LogP contribution in [0.1, 0.15) is 18.9 Å². The van der Waals surface area contributed by atoms with Gasteiger partial charge in [-0.3, -0.25) is 9.59 Å². The summed E-state index contributed by atoms with van der Waals surface area (Å²) in [5, 5.41) is 6.72. The molecule has 0 aliphatic rings. The molecule has 0 spiro atoms. The standard InChI is InChI=1S/C20H23N3O4/c1-15(22-23-20(25)14-27-18-6-4-3-5-7-18)12-19(24)21-13-16-8-10-17(26-2)11-9-16/h3-11H,12-14H2,1-2H3,(H,21,24)(H,23,25). The van der Waals surface area contributed by atoms with Crippen molar-refractivity contribution < 1.29 is 19.1 Å². The summed E-state index contributed by atoms with van der Waals surface area (Å²) in [5.74, 6) is 0.796. The van der Waals surface area contributed by atoms with E-state index in [4.69, 9.17) is 9.47 Å². The second-order valence-electron chi connectivity index (χ2n) is 5.79. The first-order chi connectivity index (χ1) is 13.1. The average molecular weight is 369 g/mol. The van der Waals surface area contributed by atoms with E-state index < -0.39 is 5.91 Å². The summed E-state index contributed by atoms with van der Waals surface area (Å²) in [7, 11) is 1.60. The lowest BCUT2D eigenvalue weighted by molar-refractivity contribution is -0.123. The number of nitrogens with zero attached hydrogens (tertiary/aromatic N) is 1. The van der Waals surface area contributed by atoms with Crippen molar-refractivity contribution in [1.82, 2.24) is 10.7 Å². The predicted molar refractivity (Wildman–Crippen MR) is 103 cm³/mol. The molecule has 2 amide bonds. The zero-order valence-corrected chi connectivity index (χ0v) is 15.4. The Morgan fingerprint density at radius 1 is 0.963 bits per heavy atom. The highest BCUT2D eigenvalue weighted by atomic mass is 16.5. The van der Waals surface area contributed by atoms with Crippen LogP contribution in [0, 0.1) is 0 Å². The Kier molecular flexibility index (Phi) is 7.84. The molecule has 142 valence electrons. The summed E-state index contributed by atoms with van der Waals surface area (Å²) in [5.41, 5.74) is 3.83. The van der Waals surface area contributed by atoms with Gasteiger partial charge in [0, 0.05) is 12.3 Å². The topological polar surface area (TPSA) is 89.0 Å². The summed E-state index contributed by atoms with van der Waals surface area (Å²) >= 11 is 0. The zero-order chi connectivity index (χ0) is 19.5. The molecule has 0 bridgehead atoms. The van der Waals surface area contributed by atoms with Crippen LogP contribution in [-0.2, 0) is 16.1 Å². The van der Waals surface area contributed by atoms with Crippen molar-refractivity contribution in [1.29, 1.82) is 0 Å². The van der Waals surface area contributed by atoms with Gasteiger partial charge in [0.2, 0.25) is 5.91 Å². The third-order valence-corrected chi connectivity index (χ3v) is 3.55. The Morgan fingerprint density at radius 2 is 1.67 bits per heavy atom. The fourth-order valence-electron chi connectivity index (χ4n) is 2.13. The molecule has 0 saturated carbocycles. The van der Waals surface area contributed by atoms with Crippen molar-refractivity contribution >= 4 is 17.5 Å². The van der Waals surface area contributed by atoms with E-state index in [1.54, 1.807) is 26.2 Å². The predicted octanol–water partition coefficient (Wildman–Crippen LogP) is 2.27. The fraction of sp³-hybridized carbons (Fsp3) is 0.250. The maximum absolute atomic E-state index is 12.0. The highest BCUT2D eigenvalue weighted by molar-refractivity contribution is 6.00. The Hall–Kier alpha value is -3.35. The lowest BCUT2D eigenvalue weighted by Crippen LogP contribution is -2.28. The molecule has 0 aliphatic heterocycles. The second kappa shape index (κ2) is 10.6. The van der Waals surface area contributed by atoms with Crippen LogP contribution in [0.3, 0.4) is 0 Å². The van der Waals surface area contributed by atoms with Gasteiger partial charge in [0.1, 0.15) is 11.5 Å². The Balaban J connectivity index is 1.68. The third-order valence-electron chi connectivity index (χ3n) is 3.55. The summed E-state index contributed by atoms with van der Waals surface area (Å²) in [4.78, 5) is 23.7. The van der Waals surface area contributed by atoms with Gasteiger partial charge in [-0.25, -0.2) is 5.43 Å². The number of hydrogen-bond donors (Lipinski definition) is 2. The molecule has 0 aliphatic carbocycles. The Morgan fingerprint density at radius 3 is 2.33 bits per heavy atom. The number of hydrazone groups is 1. The fourth-order valence-corrected chi connectivity index (χ4v) is 2.13. The Bertz CT molecular complexity index is 774. The van der Waals surface area contributed by atoms with Crippen molar-refractivity contribution in [2.75, 3.05) is 13.7 Å². The van der Waals surface area contributed by atoms with Gasteiger partial charge in [-0.2, -0.15) is 5.10 Å². The molecule has 0 unspecified atom stereocenters. The lowest BCUT2D eigenvalue weighted by Gasteiger charge is -2.07. The van der Waals surface area contributed by atoms with E-state index in [0.717, 1.165) is 11.3 Å². The second-order valence-corrected chi connectivity index (χ2v) is 5.79. The number of rotatable bonds is 9. The molecule has 27 heavy (non-hydrogen) atoms. The number of nitrogens with one attached hydrogen (secondary N) is 2. The van der Waals surface area contributed by atoms with Gasteiger partial charge in [-0.05, 0) is 36.8 Å². The quantitative estimate of drug-likeness (QED) is 0.524. The van der Waals surface area contributed by atoms with Gasteiger partial charge in [0.15, 0.2) is 6.61 Å². The maximum atomic E-state index is 12.0. The molecule has 0 fully saturated rings. The summed E-state index contributed by atoms with van der Waals surface area (Å²) in [6.07, 6.45) is 0.0932. The smallest absolute Gasteiger partial charge is 0.277 e. The number of benzene rings is 2. The molecule has 2 rings (SSSR count). The van der Waals surface area contributed by atoms with Gasteiger partial charge in [0.25, 0.3) is 5.91 Å². The highest BCUT2D eigenvalue weighted by Crippen LogP contribution is 2.11. The van der Waals surface area contributed by atoms with Gasteiger partial charge < -0.3 is 14.8 Å². The van der Waals surface area contributed by atoms with E-state index in [9.17, 15) is 9.59 Å². The summed E-state index contributed by atoms with van der Waals surface area (Å²) in [6.45, 7) is 1.93. The molecule has 7 nitrogen and oxygen atoms in total. The number of carbonyl (C=O) groups is 2.